The SMILES string of the molecule is C=C[C@@H]1C[C@]1(NC(=O)[C@@H]1CN(C(C)=O)CC[C@H]1c1ccc(Cl)cc1)C(=O)NS(=O)(=O)c1ccccc1NC. The van der Waals surface area contributed by atoms with E-state index >= 15 is 0 Å². The lowest BCUT2D eigenvalue weighted by Gasteiger charge is -2.38. The number of hydrogen-bond donors (Lipinski definition) is 3. The molecule has 11 heteroatoms. The Balaban J connectivity index is 1.59. The third-order valence-electron chi connectivity index (χ3n) is 7.42. The number of halogens is 1. The molecule has 1 aliphatic carbocycles. The molecule has 0 aromatic heterocycles. The largest absolute Gasteiger partial charge is 0.387 e. The minimum Gasteiger partial charge on any atom is -0.387 e. The number of amides is 3. The molecule has 9 nitrogen and oxygen atoms in total. The van der Waals surface area contributed by atoms with E-state index in [-0.39, 0.29) is 29.7 Å². The van der Waals surface area contributed by atoms with Gasteiger partial charge in [-0.1, -0.05) is 41.9 Å². The third kappa shape index (κ3) is 5.42. The lowest BCUT2D eigenvalue weighted by Crippen LogP contribution is -2.56. The van der Waals surface area contributed by atoms with Gasteiger partial charge in [0.05, 0.1) is 11.6 Å². The van der Waals surface area contributed by atoms with Crippen LogP contribution >= 0.6 is 11.6 Å². The van der Waals surface area contributed by atoms with E-state index in [1.807, 2.05) is 12.1 Å². The van der Waals surface area contributed by atoms with Gasteiger partial charge in [0.2, 0.25) is 11.8 Å². The number of hydrogen-bond acceptors (Lipinski definition) is 6. The number of carbonyl (C=O) groups is 3. The number of sulfonamides is 1. The summed E-state index contributed by atoms with van der Waals surface area (Å²) in [5, 5.41) is 6.22. The standard InChI is InChI=1S/C27H31ClN4O5S/c1-4-19-15-27(19,26(35)31-38(36,37)24-8-6-5-7-23(24)29-3)30-25(34)22-16-32(17(2)33)14-13-21(22)18-9-11-20(28)12-10-18/h4-12,19,21-22,29H,1,13-16H2,2-3H3,(H,30,34)(H,31,35)/t19-,21+,22-,27-/m1/s1. The molecule has 1 aliphatic heterocycles. The number of rotatable bonds is 8. The van der Waals surface area contributed by atoms with Crippen LogP contribution in [0, 0.1) is 11.8 Å². The summed E-state index contributed by atoms with van der Waals surface area (Å²) in [4.78, 5) is 40.8. The Morgan fingerprint density at radius 3 is 2.42 bits per heavy atom. The average molecular weight is 559 g/mol. The topological polar surface area (TPSA) is 125 Å². The first kappa shape index (κ1) is 27.7. The molecule has 1 heterocycles. The number of piperidine rings is 1. The van der Waals surface area contributed by atoms with E-state index in [9.17, 15) is 22.8 Å². The maximum Gasteiger partial charge on any atom is 0.266 e. The van der Waals surface area contributed by atoms with Crippen LogP contribution in [0.1, 0.15) is 31.2 Å². The van der Waals surface area contributed by atoms with E-state index in [0.29, 0.717) is 23.7 Å². The number of para-hydroxylation sites is 1. The lowest BCUT2D eigenvalue weighted by atomic mass is 9.79. The molecule has 202 valence electrons. The monoisotopic (exact) mass is 558 g/mol. The van der Waals surface area contributed by atoms with Crippen molar-refractivity contribution in [1.82, 2.24) is 14.9 Å². The number of carbonyl (C=O) groups excluding carboxylic acids is 3. The van der Waals surface area contributed by atoms with Crippen molar-refractivity contribution in [2.24, 2.45) is 11.8 Å². The van der Waals surface area contributed by atoms with Crippen LogP contribution in [0.15, 0.2) is 66.1 Å². The maximum atomic E-state index is 13.7. The molecule has 1 saturated heterocycles. The quantitative estimate of drug-likeness (QED) is 0.428. The van der Waals surface area contributed by atoms with Gasteiger partial charge in [-0.25, -0.2) is 13.1 Å². The fourth-order valence-electron chi connectivity index (χ4n) is 5.13. The highest BCUT2D eigenvalue weighted by molar-refractivity contribution is 7.90. The number of anilines is 1. The van der Waals surface area contributed by atoms with Gasteiger partial charge in [-0.2, -0.15) is 0 Å². The average Bonchev–Trinajstić information content (AvgIpc) is 3.62. The predicted octanol–water partition coefficient (Wildman–Crippen LogP) is 2.90. The minimum absolute atomic E-state index is 0.0830. The van der Waals surface area contributed by atoms with Crippen molar-refractivity contribution in [3.8, 4) is 0 Å². The summed E-state index contributed by atoms with van der Waals surface area (Å²) in [6.07, 6.45) is 2.30. The Bertz CT molecular complexity index is 1360. The Morgan fingerprint density at radius 2 is 1.82 bits per heavy atom. The summed E-state index contributed by atoms with van der Waals surface area (Å²) >= 11 is 6.05. The molecule has 3 N–H and O–H groups in total. The summed E-state index contributed by atoms with van der Waals surface area (Å²) in [5.74, 6) is -2.70. The predicted molar refractivity (Wildman–Crippen MR) is 145 cm³/mol. The number of nitrogens with one attached hydrogen (secondary N) is 3. The van der Waals surface area contributed by atoms with Crippen LogP contribution in [0.3, 0.4) is 0 Å². The van der Waals surface area contributed by atoms with E-state index in [1.54, 1.807) is 42.3 Å². The second-order valence-corrected chi connectivity index (χ2v) is 11.8. The molecule has 38 heavy (non-hydrogen) atoms. The summed E-state index contributed by atoms with van der Waals surface area (Å²) in [6.45, 7) is 5.88. The van der Waals surface area contributed by atoms with Crippen molar-refractivity contribution in [3.05, 3.63) is 71.8 Å². The Morgan fingerprint density at radius 1 is 1.13 bits per heavy atom. The summed E-state index contributed by atoms with van der Waals surface area (Å²) < 4.78 is 28.3. The lowest BCUT2D eigenvalue weighted by molar-refractivity contribution is -0.137. The molecule has 2 aromatic rings. The van der Waals surface area contributed by atoms with E-state index in [2.05, 4.69) is 21.9 Å². The Hall–Kier alpha value is -3.37. The maximum absolute atomic E-state index is 13.7. The zero-order valence-electron chi connectivity index (χ0n) is 21.2. The minimum atomic E-state index is -4.23. The first-order valence-corrected chi connectivity index (χ1v) is 14.2. The van der Waals surface area contributed by atoms with Gasteiger partial charge >= 0.3 is 0 Å². The third-order valence-corrected chi connectivity index (χ3v) is 9.06. The highest BCUT2D eigenvalue weighted by Gasteiger charge is 2.61. The van der Waals surface area contributed by atoms with Crippen LogP contribution in [-0.2, 0) is 24.4 Å². The van der Waals surface area contributed by atoms with E-state index in [0.717, 1.165) is 5.56 Å². The fraction of sp³-hybridized carbons (Fsp3) is 0.370. The van der Waals surface area contributed by atoms with Gasteiger partial charge in [0, 0.05) is 38.0 Å². The van der Waals surface area contributed by atoms with Gasteiger partial charge < -0.3 is 15.5 Å². The van der Waals surface area contributed by atoms with Gasteiger partial charge in [-0.15, -0.1) is 6.58 Å². The Labute approximate surface area is 227 Å². The molecule has 2 fully saturated rings. The molecule has 4 rings (SSSR count). The number of benzene rings is 2. The summed E-state index contributed by atoms with van der Waals surface area (Å²) in [7, 11) is -2.65. The van der Waals surface area contributed by atoms with Crippen molar-refractivity contribution in [2.45, 2.75) is 36.1 Å². The molecule has 2 aromatic carbocycles. The van der Waals surface area contributed by atoms with Crippen molar-refractivity contribution in [2.75, 3.05) is 25.5 Å². The van der Waals surface area contributed by atoms with Crippen molar-refractivity contribution < 1.29 is 22.8 Å². The first-order chi connectivity index (χ1) is 18.0. The highest BCUT2D eigenvalue weighted by atomic mass is 35.5. The van der Waals surface area contributed by atoms with E-state index in [4.69, 9.17) is 11.6 Å². The molecular formula is C27H31ClN4O5S. The molecule has 0 unspecified atom stereocenters. The molecule has 2 aliphatic rings. The molecule has 0 spiro atoms. The van der Waals surface area contributed by atoms with Crippen molar-refractivity contribution in [1.29, 1.82) is 0 Å². The van der Waals surface area contributed by atoms with Crippen molar-refractivity contribution >= 4 is 45.0 Å². The summed E-state index contributed by atoms with van der Waals surface area (Å²) in [6, 6.07) is 13.4. The van der Waals surface area contributed by atoms with Crippen LogP contribution in [-0.4, -0.2) is 56.7 Å². The van der Waals surface area contributed by atoms with Gasteiger partial charge in [-0.05, 0) is 48.6 Å². The first-order valence-electron chi connectivity index (χ1n) is 12.3. The zero-order chi connectivity index (χ0) is 27.7. The van der Waals surface area contributed by atoms with Crippen LogP contribution in [0.4, 0.5) is 5.69 Å². The van der Waals surface area contributed by atoms with E-state index in [1.165, 1.54) is 19.1 Å². The van der Waals surface area contributed by atoms with E-state index < -0.39 is 39.2 Å². The molecule has 3 amide bonds. The molecule has 1 saturated carbocycles. The normalized spacial score (nSPS) is 24.7. The second kappa shape index (κ2) is 10.8. The second-order valence-electron chi connectivity index (χ2n) is 9.71. The number of likely N-dealkylation sites (tertiary alicyclic amines) is 1. The van der Waals surface area contributed by atoms with Gasteiger partial charge in [0.1, 0.15) is 10.4 Å². The zero-order valence-corrected chi connectivity index (χ0v) is 22.8. The van der Waals surface area contributed by atoms with Crippen LogP contribution in [0.5, 0.6) is 0 Å². The molecule has 4 atom stereocenters. The smallest absolute Gasteiger partial charge is 0.266 e. The van der Waals surface area contributed by atoms with Gasteiger partial charge in [0.15, 0.2) is 0 Å². The van der Waals surface area contributed by atoms with Crippen LogP contribution in [0.2, 0.25) is 5.02 Å². The summed E-state index contributed by atoms with van der Waals surface area (Å²) in [5.41, 5.74) is -0.221. The molecular weight excluding hydrogens is 528 g/mol. The van der Waals surface area contributed by atoms with Crippen LogP contribution in [0.25, 0.3) is 0 Å². The number of nitrogens with zero attached hydrogens (tertiary/aromatic N) is 1. The van der Waals surface area contributed by atoms with Crippen molar-refractivity contribution in [3.63, 3.8) is 0 Å². The van der Waals surface area contributed by atoms with Crippen LogP contribution < -0.4 is 15.4 Å². The Kier molecular flexibility index (Phi) is 7.85. The van der Waals surface area contributed by atoms with Gasteiger partial charge in [0.25, 0.3) is 15.9 Å². The van der Waals surface area contributed by atoms with Gasteiger partial charge in [-0.3, -0.25) is 14.4 Å². The fourth-order valence-corrected chi connectivity index (χ4v) is 6.51. The highest BCUT2D eigenvalue weighted by Crippen LogP contribution is 2.46. The molecule has 0 bridgehead atoms. The molecule has 0 radical (unpaired) electrons.